The minimum Gasteiger partial charge on any atom is -0.319 e. The molecule has 2 atom stereocenters. The molecule has 4 heteroatoms. The van der Waals surface area contributed by atoms with Crippen LogP contribution < -0.4 is 5.32 Å². The van der Waals surface area contributed by atoms with Crippen molar-refractivity contribution in [3.63, 3.8) is 0 Å². The van der Waals surface area contributed by atoms with Crippen molar-refractivity contribution >= 4 is 11.6 Å². The monoisotopic (exact) mass is 312 g/mol. The molecule has 1 heterocycles. The maximum absolute atomic E-state index is 13.4. The van der Waals surface area contributed by atoms with Crippen LogP contribution in [0.1, 0.15) is 44.2 Å². The summed E-state index contributed by atoms with van der Waals surface area (Å²) in [4.78, 5) is 2.54. The van der Waals surface area contributed by atoms with Gasteiger partial charge in [0.15, 0.2) is 0 Å². The number of hydrogen-bond donors (Lipinski definition) is 1. The van der Waals surface area contributed by atoms with Crippen LogP contribution in [0.3, 0.4) is 0 Å². The molecule has 2 nitrogen and oxygen atoms in total. The fraction of sp³-hybridized carbons (Fsp3) is 0.647. The smallest absolute Gasteiger partial charge is 0.124 e. The van der Waals surface area contributed by atoms with Gasteiger partial charge in [-0.05, 0) is 69.6 Å². The van der Waals surface area contributed by atoms with E-state index in [2.05, 4.69) is 17.1 Å². The first-order valence-corrected chi connectivity index (χ1v) is 8.38. The first-order chi connectivity index (χ1) is 10.2. The van der Waals surface area contributed by atoms with E-state index < -0.39 is 0 Å². The van der Waals surface area contributed by atoms with Crippen LogP contribution in [-0.2, 0) is 0 Å². The van der Waals surface area contributed by atoms with Gasteiger partial charge >= 0.3 is 0 Å². The lowest BCUT2D eigenvalue weighted by Crippen LogP contribution is -2.37. The molecule has 0 aliphatic carbocycles. The normalized spacial score (nSPS) is 24.0. The Balaban J connectivity index is 2.37. The van der Waals surface area contributed by atoms with Crippen molar-refractivity contribution in [2.24, 2.45) is 5.92 Å². The molecule has 0 bridgehead atoms. The number of nitrogens with one attached hydrogen (secondary N) is 1. The number of nitrogens with zero attached hydrogens (tertiary/aromatic N) is 1. The van der Waals surface area contributed by atoms with Crippen LogP contribution in [0, 0.1) is 11.7 Å². The Hall–Kier alpha value is -0.640. The Morgan fingerprint density at radius 1 is 1.38 bits per heavy atom. The largest absolute Gasteiger partial charge is 0.319 e. The van der Waals surface area contributed by atoms with Gasteiger partial charge in [-0.3, -0.25) is 4.90 Å². The number of benzene rings is 1. The van der Waals surface area contributed by atoms with Gasteiger partial charge in [0.05, 0.1) is 0 Å². The van der Waals surface area contributed by atoms with E-state index in [0.717, 1.165) is 31.6 Å². The highest BCUT2D eigenvalue weighted by Crippen LogP contribution is 2.38. The van der Waals surface area contributed by atoms with Crippen LogP contribution in [0.25, 0.3) is 0 Å². The summed E-state index contributed by atoms with van der Waals surface area (Å²) in [6, 6.07) is 5.14. The summed E-state index contributed by atoms with van der Waals surface area (Å²) >= 11 is 6.36. The maximum Gasteiger partial charge on any atom is 0.124 e. The van der Waals surface area contributed by atoms with Crippen LogP contribution in [0.2, 0.25) is 5.02 Å². The topological polar surface area (TPSA) is 15.3 Å². The molecule has 0 aromatic heterocycles. The number of rotatable bonds is 5. The van der Waals surface area contributed by atoms with Gasteiger partial charge in [0.1, 0.15) is 5.82 Å². The van der Waals surface area contributed by atoms with Crippen molar-refractivity contribution in [2.75, 3.05) is 26.7 Å². The zero-order chi connectivity index (χ0) is 15.2. The van der Waals surface area contributed by atoms with Crippen molar-refractivity contribution in [3.8, 4) is 0 Å². The Labute approximate surface area is 132 Å². The fourth-order valence-corrected chi connectivity index (χ4v) is 3.80. The molecule has 1 fully saturated rings. The van der Waals surface area contributed by atoms with Crippen molar-refractivity contribution in [1.29, 1.82) is 0 Å². The van der Waals surface area contributed by atoms with Gasteiger partial charge in [0, 0.05) is 11.1 Å². The molecule has 1 N–H and O–H groups in total. The van der Waals surface area contributed by atoms with Crippen LogP contribution in [0.15, 0.2) is 18.2 Å². The Bertz CT molecular complexity index is 436. The van der Waals surface area contributed by atoms with Crippen LogP contribution in [0.4, 0.5) is 4.39 Å². The molecule has 118 valence electrons. The molecule has 1 aliphatic rings. The molecule has 1 aromatic carbocycles. The third-order valence-corrected chi connectivity index (χ3v) is 4.70. The van der Waals surface area contributed by atoms with Gasteiger partial charge in [0.2, 0.25) is 0 Å². The van der Waals surface area contributed by atoms with Gasteiger partial charge in [-0.2, -0.15) is 0 Å². The molecule has 0 radical (unpaired) electrons. The summed E-state index contributed by atoms with van der Waals surface area (Å²) in [6.45, 7) is 5.35. The summed E-state index contributed by atoms with van der Waals surface area (Å²) in [5.74, 6) is 0.261. The lowest BCUT2D eigenvalue weighted by atomic mass is 9.89. The Morgan fingerprint density at radius 3 is 2.86 bits per heavy atom. The minimum absolute atomic E-state index is 0.260. The first kappa shape index (κ1) is 16.7. The van der Waals surface area contributed by atoms with Gasteiger partial charge < -0.3 is 5.32 Å². The highest BCUT2D eigenvalue weighted by atomic mass is 35.5. The second-order valence-corrected chi connectivity index (χ2v) is 6.37. The lowest BCUT2D eigenvalue weighted by molar-refractivity contribution is 0.154. The minimum atomic E-state index is -0.260. The molecule has 1 aromatic rings. The molecular formula is C17H26ClFN2. The molecule has 1 saturated heterocycles. The van der Waals surface area contributed by atoms with Gasteiger partial charge in [-0.15, -0.1) is 0 Å². The summed E-state index contributed by atoms with van der Waals surface area (Å²) in [7, 11) is 2.00. The zero-order valence-corrected chi connectivity index (χ0v) is 13.8. The second kappa shape index (κ2) is 8.11. The van der Waals surface area contributed by atoms with E-state index in [1.54, 1.807) is 0 Å². The quantitative estimate of drug-likeness (QED) is 0.874. The van der Waals surface area contributed by atoms with Gasteiger partial charge in [0.25, 0.3) is 0 Å². The lowest BCUT2D eigenvalue weighted by Gasteiger charge is -2.36. The average molecular weight is 313 g/mol. The van der Waals surface area contributed by atoms with E-state index in [-0.39, 0.29) is 11.9 Å². The van der Waals surface area contributed by atoms with E-state index in [0.29, 0.717) is 10.9 Å². The molecular weight excluding hydrogens is 287 g/mol. The molecule has 2 rings (SSSR count). The number of halogens is 2. The highest BCUT2D eigenvalue weighted by Gasteiger charge is 2.31. The average Bonchev–Trinajstić information content (AvgIpc) is 2.63. The van der Waals surface area contributed by atoms with E-state index in [9.17, 15) is 4.39 Å². The van der Waals surface area contributed by atoms with E-state index >= 15 is 0 Å². The first-order valence-electron chi connectivity index (χ1n) is 8.01. The van der Waals surface area contributed by atoms with Crippen molar-refractivity contribution in [1.82, 2.24) is 10.2 Å². The predicted molar refractivity (Wildman–Crippen MR) is 87.3 cm³/mol. The summed E-state index contributed by atoms with van der Waals surface area (Å²) < 4.78 is 13.4. The standard InChI is InChI=1S/C17H26ClFN2/c1-3-9-21-10-5-4-6-13(12-20-2)17(21)15-8-7-14(19)11-16(15)18/h7-8,11,13,17,20H,3-6,9-10,12H2,1-2H3. The third kappa shape index (κ3) is 4.18. The van der Waals surface area contributed by atoms with Gasteiger partial charge in [-0.1, -0.05) is 31.0 Å². The summed E-state index contributed by atoms with van der Waals surface area (Å²) in [6.07, 6.45) is 4.80. The molecule has 0 saturated carbocycles. The Morgan fingerprint density at radius 2 is 2.19 bits per heavy atom. The second-order valence-electron chi connectivity index (χ2n) is 5.96. The highest BCUT2D eigenvalue weighted by molar-refractivity contribution is 6.31. The van der Waals surface area contributed by atoms with Crippen molar-refractivity contribution in [2.45, 2.75) is 38.6 Å². The third-order valence-electron chi connectivity index (χ3n) is 4.37. The summed E-state index contributed by atoms with van der Waals surface area (Å²) in [5.41, 5.74) is 1.08. The molecule has 0 spiro atoms. The summed E-state index contributed by atoms with van der Waals surface area (Å²) in [5, 5.41) is 3.87. The fourth-order valence-electron chi connectivity index (χ4n) is 3.52. The number of likely N-dealkylation sites (tertiary alicyclic amines) is 1. The zero-order valence-electron chi connectivity index (χ0n) is 13.0. The van der Waals surface area contributed by atoms with Crippen LogP contribution in [0.5, 0.6) is 0 Å². The maximum atomic E-state index is 13.4. The van der Waals surface area contributed by atoms with Crippen LogP contribution >= 0.6 is 11.6 Å². The van der Waals surface area contributed by atoms with Crippen molar-refractivity contribution in [3.05, 3.63) is 34.6 Å². The number of hydrogen-bond acceptors (Lipinski definition) is 2. The van der Waals surface area contributed by atoms with Crippen LogP contribution in [-0.4, -0.2) is 31.6 Å². The molecule has 1 aliphatic heterocycles. The Kier molecular flexibility index (Phi) is 6.46. The van der Waals surface area contributed by atoms with Gasteiger partial charge in [-0.25, -0.2) is 4.39 Å². The SMILES string of the molecule is CCCN1CCCCC(CNC)C1c1ccc(F)cc1Cl. The predicted octanol–water partition coefficient (Wildman–Crippen LogP) is 4.25. The molecule has 21 heavy (non-hydrogen) atoms. The molecule has 2 unspecified atom stereocenters. The molecule has 0 amide bonds. The van der Waals surface area contributed by atoms with E-state index in [4.69, 9.17) is 11.6 Å². The van der Waals surface area contributed by atoms with E-state index in [1.807, 2.05) is 13.1 Å². The van der Waals surface area contributed by atoms with E-state index in [1.165, 1.54) is 31.4 Å². The van der Waals surface area contributed by atoms with Crippen molar-refractivity contribution < 1.29 is 4.39 Å².